The van der Waals surface area contributed by atoms with Crippen LogP contribution in [0.5, 0.6) is 0 Å². The molecule has 0 aromatic heterocycles. The lowest BCUT2D eigenvalue weighted by Gasteiger charge is -2.24. The van der Waals surface area contributed by atoms with Gasteiger partial charge >= 0.3 is 0 Å². The molecule has 1 unspecified atom stereocenters. The first-order valence-corrected chi connectivity index (χ1v) is 7.77. The van der Waals surface area contributed by atoms with Crippen LogP contribution < -0.4 is 11.1 Å². The highest BCUT2D eigenvalue weighted by Crippen LogP contribution is 2.23. The average Bonchev–Trinajstić information content (AvgIpc) is 2.10. The first kappa shape index (κ1) is 16.4. The highest BCUT2D eigenvalue weighted by molar-refractivity contribution is 7.90. The first-order chi connectivity index (χ1) is 7.55. The van der Waals surface area contributed by atoms with Gasteiger partial charge in [-0.1, -0.05) is 20.8 Å². The van der Waals surface area contributed by atoms with Gasteiger partial charge in [-0.3, -0.25) is 4.79 Å². The van der Waals surface area contributed by atoms with Gasteiger partial charge < -0.3 is 11.1 Å². The van der Waals surface area contributed by atoms with E-state index in [-0.39, 0.29) is 36.1 Å². The van der Waals surface area contributed by atoms with Crippen molar-refractivity contribution in [1.82, 2.24) is 5.32 Å². The SMILES string of the molecule is CC(C)(C)CC(CN)C(=O)NCCS(C)(=O)=O. The van der Waals surface area contributed by atoms with Crippen molar-refractivity contribution in [3.8, 4) is 0 Å². The Hall–Kier alpha value is -0.620. The van der Waals surface area contributed by atoms with Gasteiger partial charge in [0.15, 0.2) is 0 Å². The molecule has 1 atom stereocenters. The minimum absolute atomic E-state index is 0.0260. The van der Waals surface area contributed by atoms with Gasteiger partial charge in [0.1, 0.15) is 9.84 Å². The number of hydrogen-bond donors (Lipinski definition) is 2. The zero-order valence-electron chi connectivity index (χ0n) is 11.1. The Labute approximate surface area is 104 Å². The molecule has 1 amide bonds. The molecule has 0 aliphatic heterocycles. The number of carbonyl (C=O) groups excluding carboxylic acids is 1. The van der Waals surface area contributed by atoms with E-state index < -0.39 is 9.84 Å². The molecule has 0 aromatic rings. The van der Waals surface area contributed by atoms with Crippen molar-refractivity contribution in [2.75, 3.05) is 25.1 Å². The van der Waals surface area contributed by atoms with Crippen LogP contribution in [0.4, 0.5) is 0 Å². The van der Waals surface area contributed by atoms with Crippen LogP contribution in [0, 0.1) is 11.3 Å². The Morgan fingerprint density at radius 1 is 1.35 bits per heavy atom. The molecule has 0 heterocycles. The molecule has 0 spiro atoms. The number of hydrogen-bond acceptors (Lipinski definition) is 4. The molecule has 102 valence electrons. The highest BCUT2D eigenvalue weighted by Gasteiger charge is 2.23. The fourth-order valence-corrected chi connectivity index (χ4v) is 2.00. The molecule has 17 heavy (non-hydrogen) atoms. The van der Waals surface area contributed by atoms with Gasteiger partial charge in [-0.2, -0.15) is 0 Å². The van der Waals surface area contributed by atoms with Crippen LogP contribution in [0.2, 0.25) is 0 Å². The zero-order chi connectivity index (χ0) is 13.7. The van der Waals surface area contributed by atoms with Crippen LogP contribution >= 0.6 is 0 Å². The molecular weight excluding hydrogens is 240 g/mol. The van der Waals surface area contributed by atoms with Crippen LogP contribution in [0.15, 0.2) is 0 Å². The van der Waals surface area contributed by atoms with Crippen molar-refractivity contribution in [3.05, 3.63) is 0 Å². The van der Waals surface area contributed by atoms with Crippen LogP contribution in [0.25, 0.3) is 0 Å². The first-order valence-electron chi connectivity index (χ1n) is 5.70. The van der Waals surface area contributed by atoms with E-state index in [1.165, 1.54) is 0 Å². The van der Waals surface area contributed by atoms with E-state index in [9.17, 15) is 13.2 Å². The number of sulfone groups is 1. The van der Waals surface area contributed by atoms with E-state index in [1.54, 1.807) is 0 Å². The Bertz CT molecular complexity index is 344. The second-order valence-electron chi connectivity index (χ2n) is 5.62. The van der Waals surface area contributed by atoms with E-state index in [0.717, 1.165) is 6.26 Å². The number of rotatable bonds is 6. The van der Waals surface area contributed by atoms with E-state index >= 15 is 0 Å². The van der Waals surface area contributed by atoms with Crippen LogP contribution in [0.1, 0.15) is 27.2 Å². The Balaban J connectivity index is 4.19. The molecule has 0 aromatic carbocycles. The smallest absolute Gasteiger partial charge is 0.224 e. The lowest BCUT2D eigenvalue weighted by molar-refractivity contribution is -0.125. The van der Waals surface area contributed by atoms with Crippen molar-refractivity contribution in [2.45, 2.75) is 27.2 Å². The van der Waals surface area contributed by atoms with Crippen LogP contribution in [-0.4, -0.2) is 39.4 Å². The molecule has 3 N–H and O–H groups in total. The quantitative estimate of drug-likeness (QED) is 0.715. The minimum atomic E-state index is -3.03. The molecule has 0 bridgehead atoms. The molecule has 0 aliphatic carbocycles. The molecule has 0 rings (SSSR count). The number of nitrogens with two attached hydrogens (primary N) is 1. The predicted molar refractivity (Wildman–Crippen MR) is 69.3 cm³/mol. The fourth-order valence-electron chi connectivity index (χ4n) is 1.53. The van der Waals surface area contributed by atoms with Crippen LogP contribution in [-0.2, 0) is 14.6 Å². The summed E-state index contributed by atoms with van der Waals surface area (Å²) in [6.45, 7) is 6.55. The lowest BCUT2D eigenvalue weighted by atomic mass is 9.84. The normalized spacial score (nSPS) is 14.4. The highest BCUT2D eigenvalue weighted by atomic mass is 32.2. The number of amides is 1. The molecule has 0 saturated carbocycles. The van der Waals surface area contributed by atoms with Gasteiger partial charge in [0.2, 0.25) is 5.91 Å². The van der Waals surface area contributed by atoms with Gasteiger partial charge in [-0.05, 0) is 11.8 Å². The van der Waals surface area contributed by atoms with Crippen molar-refractivity contribution in [2.24, 2.45) is 17.1 Å². The Kier molecular flexibility index (Phi) is 6.12. The van der Waals surface area contributed by atoms with E-state index in [0.29, 0.717) is 6.42 Å². The van der Waals surface area contributed by atoms with E-state index in [2.05, 4.69) is 5.32 Å². The van der Waals surface area contributed by atoms with Gasteiger partial charge in [-0.15, -0.1) is 0 Å². The monoisotopic (exact) mass is 264 g/mol. The maximum absolute atomic E-state index is 11.8. The minimum Gasteiger partial charge on any atom is -0.355 e. The van der Waals surface area contributed by atoms with Gasteiger partial charge in [0.05, 0.1) is 11.7 Å². The van der Waals surface area contributed by atoms with Crippen LogP contribution in [0.3, 0.4) is 0 Å². The number of carbonyl (C=O) groups is 1. The summed E-state index contributed by atoms with van der Waals surface area (Å²) in [7, 11) is -3.03. The molecular formula is C11H24N2O3S. The van der Waals surface area contributed by atoms with Crippen molar-refractivity contribution < 1.29 is 13.2 Å². The second-order valence-corrected chi connectivity index (χ2v) is 7.88. The topological polar surface area (TPSA) is 89.3 Å². The zero-order valence-corrected chi connectivity index (χ0v) is 11.9. The molecule has 0 saturated heterocycles. The number of nitrogens with one attached hydrogen (secondary N) is 1. The standard InChI is InChI=1S/C11H24N2O3S/c1-11(2,3)7-9(8-12)10(14)13-5-6-17(4,15)16/h9H,5-8,12H2,1-4H3,(H,13,14). The maximum atomic E-state index is 11.8. The molecule has 0 aliphatic rings. The second kappa shape index (κ2) is 6.35. The van der Waals surface area contributed by atoms with Gasteiger partial charge in [-0.25, -0.2) is 8.42 Å². The Morgan fingerprint density at radius 2 is 1.88 bits per heavy atom. The van der Waals surface area contributed by atoms with Crippen molar-refractivity contribution >= 4 is 15.7 Å². The summed E-state index contributed by atoms with van der Waals surface area (Å²) in [6, 6.07) is 0. The summed E-state index contributed by atoms with van der Waals surface area (Å²) < 4.78 is 21.8. The predicted octanol–water partition coefficient (Wildman–Crippen LogP) is 0.158. The summed E-state index contributed by atoms with van der Waals surface area (Å²) in [4.78, 5) is 11.8. The third-order valence-corrected chi connectivity index (χ3v) is 3.23. The van der Waals surface area contributed by atoms with Crippen molar-refractivity contribution in [3.63, 3.8) is 0 Å². The van der Waals surface area contributed by atoms with Gasteiger partial charge in [0.25, 0.3) is 0 Å². The van der Waals surface area contributed by atoms with Crippen molar-refractivity contribution in [1.29, 1.82) is 0 Å². The van der Waals surface area contributed by atoms with Gasteiger partial charge in [0, 0.05) is 19.3 Å². The Morgan fingerprint density at radius 3 is 2.24 bits per heavy atom. The van der Waals surface area contributed by atoms with E-state index in [1.807, 2.05) is 20.8 Å². The third kappa shape index (κ3) is 9.12. The molecule has 5 nitrogen and oxygen atoms in total. The third-order valence-electron chi connectivity index (χ3n) is 2.29. The molecule has 0 fully saturated rings. The summed E-state index contributed by atoms with van der Waals surface area (Å²) in [6.07, 6.45) is 1.84. The average molecular weight is 264 g/mol. The summed E-state index contributed by atoms with van der Waals surface area (Å²) >= 11 is 0. The largest absolute Gasteiger partial charge is 0.355 e. The summed E-state index contributed by atoms with van der Waals surface area (Å²) in [5.74, 6) is -0.452. The van der Waals surface area contributed by atoms with E-state index in [4.69, 9.17) is 5.73 Å². The fraction of sp³-hybridized carbons (Fsp3) is 0.909. The summed E-state index contributed by atoms with van der Waals surface area (Å²) in [5.41, 5.74) is 5.59. The molecule has 6 heteroatoms. The summed E-state index contributed by atoms with van der Waals surface area (Å²) in [5, 5.41) is 2.61. The lowest BCUT2D eigenvalue weighted by Crippen LogP contribution is -2.39. The maximum Gasteiger partial charge on any atom is 0.224 e. The molecule has 0 radical (unpaired) electrons.